The van der Waals surface area contributed by atoms with Crippen molar-refractivity contribution in [3.8, 4) is 5.75 Å². The number of nitro groups is 1. The second kappa shape index (κ2) is 8.22. The molecule has 0 radical (unpaired) electrons. The predicted octanol–water partition coefficient (Wildman–Crippen LogP) is 3.76. The summed E-state index contributed by atoms with van der Waals surface area (Å²) < 4.78 is 5.84. The Labute approximate surface area is 179 Å². The van der Waals surface area contributed by atoms with E-state index in [0.29, 0.717) is 35.8 Å². The molecule has 0 bridgehead atoms. The van der Waals surface area contributed by atoms with Crippen LogP contribution in [0.15, 0.2) is 54.2 Å². The SMILES string of the molecule is CC(C)Oc1ccccc1N1C(=O)C(c2ccc([N+](=O)[O-])cc2)=C(N2CCCC2)C1=O. The van der Waals surface area contributed by atoms with Crippen LogP contribution in [0.5, 0.6) is 5.75 Å². The fourth-order valence-corrected chi connectivity index (χ4v) is 3.98. The molecule has 0 spiro atoms. The molecular weight excluding hydrogens is 398 g/mol. The molecule has 8 nitrogen and oxygen atoms in total. The number of rotatable bonds is 6. The number of nitro benzene ring substituents is 1. The van der Waals surface area contributed by atoms with Crippen LogP contribution in [-0.2, 0) is 9.59 Å². The smallest absolute Gasteiger partial charge is 0.282 e. The number of hydrogen-bond donors (Lipinski definition) is 0. The van der Waals surface area contributed by atoms with Gasteiger partial charge in [-0.1, -0.05) is 12.1 Å². The molecule has 31 heavy (non-hydrogen) atoms. The van der Waals surface area contributed by atoms with Crippen molar-refractivity contribution in [2.24, 2.45) is 0 Å². The maximum absolute atomic E-state index is 13.6. The lowest BCUT2D eigenvalue weighted by molar-refractivity contribution is -0.384. The molecule has 0 aliphatic carbocycles. The molecule has 0 N–H and O–H groups in total. The molecule has 8 heteroatoms. The Hall–Kier alpha value is -3.68. The number of imide groups is 1. The standard InChI is InChI=1S/C23H23N3O5/c1-15(2)31-19-8-4-3-7-18(19)25-22(27)20(16-9-11-17(12-10-16)26(29)30)21(23(25)28)24-13-5-6-14-24/h3-4,7-12,15H,5-6,13-14H2,1-2H3. The quantitative estimate of drug-likeness (QED) is 0.401. The van der Waals surface area contributed by atoms with E-state index in [2.05, 4.69) is 0 Å². The van der Waals surface area contributed by atoms with Gasteiger partial charge < -0.3 is 9.64 Å². The van der Waals surface area contributed by atoms with Crippen molar-refractivity contribution in [1.29, 1.82) is 0 Å². The number of nitrogens with zero attached hydrogens (tertiary/aromatic N) is 3. The highest BCUT2D eigenvalue weighted by Crippen LogP contribution is 2.39. The minimum absolute atomic E-state index is 0.0728. The van der Waals surface area contributed by atoms with Gasteiger partial charge in [0, 0.05) is 25.2 Å². The lowest BCUT2D eigenvalue weighted by Crippen LogP contribution is -2.35. The van der Waals surface area contributed by atoms with Crippen LogP contribution in [0.3, 0.4) is 0 Å². The first-order valence-corrected chi connectivity index (χ1v) is 10.3. The Kier molecular flexibility index (Phi) is 5.46. The van der Waals surface area contributed by atoms with Crippen molar-refractivity contribution >= 4 is 28.8 Å². The molecular formula is C23H23N3O5. The summed E-state index contributed by atoms with van der Waals surface area (Å²) in [6.45, 7) is 5.12. The van der Waals surface area contributed by atoms with E-state index >= 15 is 0 Å². The van der Waals surface area contributed by atoms with Crippen molar-refractivity contribution < 1.29 is 19.2 Å². The maximum atomic E-state index is 13.6. The third-order valence-corrected chi connectivity index (χ3v) is 5.32. The minimum atomic E-state index is -0.493. The second-order valence-corrected chi connectivity index (χ2v) is 7.80. The summed E-state index contributed by atoms with van der Waals surface area (Å²) in [6, 6.07) is 12.7. The van der Waals surface area contributed by atoms with E-state index in [1.54, 1.807) is 24.3 Å². The number of non-ortho nitro benzene ring substituents is 1. The van der Waals surface area contributed by atoms with Crippen LogP contribution in [0.25, 0.3) is 5.57 Å². The molecule has 2 amide bonds. The normalized spacial score (nSPS) is 16.6. The van der Waals surface area contributed by atoms with Gasteiger partial charge in [-0.25, -0.2) is 4.90 Å². The van der Waals surface area contributed by atoms with Crippen molar-refractivity contribution in [2.75, 3.05) is 18.0 Å². The van der Waals surface area contributed by atoms with Crippen LogP contribution in [0.1, 0.15) is 32.3 Å². The van der Waals surface area contributed by atoms with Gasteiger partial charge in [0.15, 0.2) is 0 Å². The third-order valence-electron chi connectivity index (χ3n) is 5.32. The van der Waals surface area contributed by atoms with E-state index < -0.39 is 16.7 Å². The molecule has 0 aromatic heterocycles. The summed E-state index contributed by atoms with van der Waals surface area (Å²) in [5.41, 5.74) is 1.41. The summed E-state index contributed by atoms with van der Waals surface area (Å²) in [7, 11) is 0. The van der Waals surface area contributed by atoms with E-state index in [1.165, 1.54) is 24.3 Å². The molecule has 1 fully saturated rings. The van der Waals surface area contributed by atoms with Crippen LogP contribution in [0.2, 0.25) is 0 Å². The third kappa shape index (κ3) is 3.76. The number of likely N-dealkylation sites (tertiary alicyclic amines) is 1. The van der Waals surface area contributed by atoms with Gasteiger partial charge in [0.05, 0.1) is 22.3 Å². The van der Waals surface area contributed by atoms with E-state index in [0.717, 1.165) is 17.7 Å². The van der Waals surface area contributed by atoms with Gasteiger partial charge in [-0.2, -0.15) is 0 Å². The molecule has 2 aliphatic heterocycles. The van der Waals surface area contributed by atoms with Crippen LogP contribution in [0.4, 0.5) is 11.4 Å². The predicted molar refractivity (Wildman–Crippen MR) is 116 cm³/mol. The first kappa shape index (κ1) is 20.6. The summed E-state index contributed by atoms with van der Waals surface area (Å²) >= 11 is 0. The molecule has 4 rings (SSSR count). The van der Waals surface area contributed by atoms with Crippen LogP contribution in [-0.4, -0.2) is 40.8 Å². The number of hydrogen-bond acceptors (Lipinski definition) is 6. The topological polar surface area (TPSA) is 93.0 Å². The summed E-state index contributed by atoms with van der Waals surface area (Å²) in [5, 5.41) is 11.0. The molecule has 2 aliphatic rings. The minimum Gasteiger partial charge on any atom is -0.489 e. The van der Waals surface area contributed by atoms with E-state index in [4.69, 9.17) is 4.74 Å². The Morgan fingerprint density at radius 2 is 1.61 bits per heavy atom. The molecule has 0 saturated carbocycles. The lowest BCUT2D eigenvalue weighted by Gasteiger charge is -2.22. The number of para-hydroxylation sites is 2. The van der Waals surface area contributed by atoms with Crippen molar-refractivity contribution in [2.45, 2.75) is 32.8 Å². The van der Waals surface area contributed by atoms with Crippen LogP contribution in [0, 0.1) is 10.1 Å². The van der Waals surface area contributed by atoms with Gasteiger partial charge in [-0.05, 0) is 56.5 Å². The Morgan fingerprint density at radius 3 is 2.23 bits per heavy atom. The van der Waals surface area contributed by atoms with Gasteiger partial charge in [0.2, 0.25) is 0 Å². The van der Waals surface area contributed by atoms with E-state index in [-0.39, 0.29) is 17.4 Å². The van der Waals surface area contributed by atoms with Crippen LogP contribution < -0.4 is 9.64 Å². The van der Waals surface area contributed by atoms with Crippen LogP contribution >= 0.6 is 0 Å². The van der Waals surface area contributed by atoms with E-state index in [1.807, 2.05) is 18.7 Å². The average molecular weight is 421 g/mol. The molecule has 160 valence electrons. The number of amides is 2. The molecule has 0 atom stereocenters. The van der Waals surface area contributed by atoms with Gasteiger partial charge in [-0.15, -0.1) is 0 Å². The molecule has 1 saturated heterocycles. The maximum Gasteiger partial charge on any atom is 0.282 e. The van der Waals surface area contributed by atoms with Gasteiger partial charge >= 0.3 is 0 Å². The highest BCUT2D eigenvalue weighted by atomic mass is 16.6. The fourth-order valence-electron chi connectivity index (χ4n) is 3.98. The van der Waals surface area contributed by atoms with Gasteiger partial charge in [0.1, 0.15) is 11.4 Å². The van der Waals surface area contributed by atoms with Crippen molar-refractivity contribution in [3.63, 3.8) is 0 Å². The summed E-state index contributed by atoms with van der Waals surface area (Å²) in [6.07, 6.45) is 1.74. The lowest BCUT2D eigenvalue weighted by atomic mass is 10.0. The molecule has 2 aromatic rings. The van der Waals surface area contributed by atoms with Gasteiger partial charge in [0.25, 0.3) is 17.5 Å². The number of benzene rings is 2. The fraction of sp³-hybridized carbons (Fsp3) is 0.304. The van der Waals surface area contributed by atoms with Gasteiger partial charge in [-0.3, -0.25) is 19.7 Å². The Bertz CT molecular complexity index is 1070. The first-order valence-electron chi connectivity index (χ1n) is 10.3. The Morgan fingerprint density at radius 1 is 0.968 bits per heavy atom. The molecule has 0 unspecified atom stereocenters. The first-order chi connectivity index (χ1) is 14.9. The van der Waals surface area contributed by atoms with E-state index in [9.17, 15) is 19.7 Å². The van der Waals surface area contributed by atoms with Crippen molar-refractivity contribution in [3.05, 3.63) is 69.9 Å². The molecule has 2 heterocycles. The van der Waals surface area contributed by atoms with Crippen molar-refractivity contribution in [1.82, 2.24) is 4.90 Å². The zero-order valence-electron chi connectivity index (χ0n) is 17.4. The number of carbonyl (C=O) groups is 2. The summed E-state index contributed by atoms with van der Waals surface area (Å²) in [4.78, 5) is 40.7. The average Bonchev–Trinajstić information content (AvgIpc) is 3.34. The largest absolute Gasteiger partial charge is 0.489 e. The monoisotopic (exact) mass is 421 g/mol. The molecule has 2 aromatic carbocycles. The second-order valence-electron chi connectivity index (χ2n) is 7.80. The number of ether oxygens (including phenoxy) is 1. The zero-order chi connectivity index (χ0) is 22.1. The zero-order valence-corrected chi connectivity index (χ0v) is 17.4. The highest BCUT2D eigenvalue weighted by Gasteiger charge is 2.44. The number of anilines is 1. The number of carbonyl (C=O) groups excluding carboxylic acids is 2. The summed E-state index contributed by atoms with van der Waals surface area (Å²) in [5.74, 6) is -0.412. The Balaban J connectivity index is 1.81. The highest BCUT2D eigenvalue weighted by molar-refractivity contribution is 6.45.